The Bertz CT molecular complexity index is 224. The largest absolute Gasteiger partial charge is 0.330 e. The Labute approximate surface area is 151 Å². The Kier molecular flexibility index (Phi) is 20.7. The average molecular weight is 343 g/mol. The van der Waals surface area contributed by atoms with E-state index in [1.807, 2.05) is 0 Å². The molecule has 0 saturated heterocycles. The number of rotatable bonds is 20. The van der Waals surface area contributed by atoms with Crippen LogP contribution in [-0.4, -0.2) is 25.8 Å². The van der Waals surface area contributed by atoms with Crippen molar-refractivity contribution in [1.82, 2.24) is 5.32 Å². The molecular weight excluding hydrogens is 296 g/mol. The van der Waals surface area contributed by atoms with Crippen LogP contribution in [0.4, 0.5) is 0 Å². The van der Waals surface area contributed by atoms with Gasteiger partial charge in [0.1, 0.15) is 0 Å². The maximum atomic E-state index is 6.11. The van der Waals surface area contributed by atoms with Crippen LogP contribution >= 0.6 is 0 Å². The fourth-order valence-corrected chi connectivity index (χ4v) is 3.11. The molecule has 0 aromatic carbocycles. The van der Waals surface area contributed by atoms with Crippen molar-refractivity contribution in [3.63, 3.8) is 0 Å². The summed E-state index contributed by atoms with van der Waals surface area (Å²) >= 11 is 0. The van der Waals surface area contributed by atoms with Gasteiger partial charge in [0.25, 0.3) is 0 Å². The third-order valence-corrected chi connectivity index (χ3v) is 4.76. The number of nitrogens with one attached hydrogen (secondary N) is 1. The van der Waals surface area contributed by atoms with Crippen molar-refractivity contribution in [3.8, 4) is 0 Å². The molecule has 0 aliphatic carbocycles. The lowest BCUT2D eigenvalue weighted by Crippen LogP contribution is -2.37. The van der Waals surface area contributed by atoms with Gasteiger partial charge in [-0.3, -0.25) is 0 Å². The third-order valence-electron chi connectivity index (χ3n) is 4.76. The van der Waals surface area contributed by atoms with Gasteiger partial charge in [0.15, 0.2) is 0 Å². The van der Waals surface area contributed by atoms with Crippen molar-refractivity contribution in [2.45, 2.75) is 109 Å². The molecule has 4 heteroatoms. The molecular formula is C20H46N4. The Morgan fingerprint density at radius 1 is 0.500 bits per heavy atom. The van der Waals surface area contributed by atoms with Gasteiger partial charge in [-0.15, -0.1) is 0 Å². The molecule has 0 aromatic heterocycles. The van der Waals surface area contributed by atoms with Gasteiger partial charge in [-0.2, -0.15) is 0 Å². The van der Waals surface area contributed by atoms with E-state index in [2.05, 4.69) is 5.32 Å². The van der Waals surface area contributed by atoms with Crippen LogP contribution in [-0.2, 0) is 0 Å². The van der Waals surface area contributed by atoms with Crippen LogP contribution in [0.15, 0.2) is 0 Å². The monoisotopic (exact) mass is 342 g/mol. The van der Waals surface area contributed by atoms with Gasteiger partial charge in [-0.05, 0) is 45.3 Å². The number of unbranched alkanes of at least 4 members (excludes halogenated alkanes) is 13. The topological polar surface area (TPSA) is 90.1 Å². The van der Waals surface area contributed by atoms with Gasteiger partial charge in [0.2, 0.25) is 0 Å². The molecule has 0 spiro atoms. The zero-order valence-corrected chi connectivity index (χ0v) is 16.2. The van der Waals surface area contributed by atoms with Crippen LogP contribution in [0, 0.1) is 0 Å². The molecule has 0 aliphatic heterocycles. The normalized spacial score (nSPS) is 12.6. The Hall–Kier alpha value is -0.160. The van der Waals surface area contributed by atoms with Crippen LogP contribution in [0.5, 0.6) is 0 Å². The number of hydrogen-bond acceptors (Lipinski definition) is 4. The van der Waals surface area contributed by atoms with Gasteiger partial charge in [0, 0.05) is 0 Å². The highest BCUT2D eigenvalue weighted by Gasteiger charge is 2.01. The molecule has 0 fully saturated rings. The molecule has 7 N–H and O–H groups in total. The molecule has 1 atom stereocenters. The van der Waals surface area contributed by atoms with Crippen molar-refractivity contribution in [3.05, 3.63) is 0 Å². The molecule has 0 aliphatic rings. The molecule has 0 aromatic rings. The summed E-state index contributed by atoms with van der Waals surface area (Å²) in [5.41, 5.74) is 17.1. The molecule has 0 radical (unpaired) electrons. The minimum absolute atomic E-state index is 0.188. The summed E-state index contributed by atoms with van der Waals surface area (Å²) < 4.78 is 0. The lowest BCUT2D eigenvalue weighted by molar-refractivity contribution is 0.451. The predicted octanol–water partition coefficient (Wildman–Crippen LogP) is 4.02. The van der Waals surface area contributed by atoms with Crippen molar-refractivity contribution in [1.29, 1.82) is 0 Å². The quantitative estimate of drug-likeness (QED) is 0.199. The van der Waals surface area contributed by atoms with Gasteiger partial charge in [0.05, 0.1) is 6.17 Å². The van der Waals surface area contributed by atoms with E-state index in [9.17, 15) is 0 Å². The minimum Gasteiger partial charge on any atom is -0.330 e. The van der Waals surface area contributed by atoms with Gasteiger partial charge in [-0.25, -0.2) is 0 Å². The van der Waals surface area contributed by atoms with E-state index in [1.54, 1.807) is 0 Å². The van der Waals surface area contributed by atoms with Crippen molar-refractivity contribution in [2.75, 3.05) is 19.6 Å². The summed E-state index contributed by atoms with van der Waals surface area (Å²) in [6.07, 6.45) is 21.0. The van der Waals surface area contributed by atoms with Crippen LogP contribution in [0.1, 0.15) is 103 Å². The predicted molar refractivity (Wildman–Crippen MR) is 108 cm³/mol. The summed E-state index contributed by atoms with van der Waals surface area (Å²) in [6.45, 7) is 2.76. The minimum atomic E-state index is 0.188. The second-order valence-corrected chi connectivity index (χ2v) is 7.23. The van der Waals surface area contributed by atoms with Crippen molar-refractivity contribution in [2.24, 2.45) is 17.2 Å². The molecule has 0 saturated carbocycles. The van der Waals surface area contributed by atoms with Crippen LogP contribution in [0.2, 0.25) is 0 Å². The average Bonchev–Trinajstić information content (AvgIpc) is 2.59. The second kappa shape index (κ2) is 20.9. The van der Waals surface area contributed by atoms with E-state index < -0.39 is 0 Å². The first-order valence-corrected chi connectivity index (χ1v) is 10.7. The number of nitrogens with two attached hydrogens (primary N) is 3. The van der Waals surface area contributed by atoms with E-state index in [0.717, 1.165) is 26.1 Å². The zero-order chi connectivity index (χ0) is 17.7. The Morgan fingerprint density at radius 3 is 1.33 bits per heavy atom. The molecule has 146 valence electrons. The Balaban J connectivity index is 3.10. The van der Waals surface area contributed by atoms with E-state index >= 15 is 0 Å². The zero-order valence-electron chi connectivity index (χ0n) is 16.2. The first kappa shape index (κ1) is 23.8. The third kappa shape index (κ3) is 19.9. The summed E-state index contributed by atoms with van der Waals surface area (Å²) in [7, 11) is 0. The Morgan fingerprint density at radius 2 is 0.875 bits per heavy atom. The molecule has 4 nitrogen and oxygen atoms in total. The molecule has 24 heavy (non-hydrogen) atoms. The van der Waals surface area contributed by atoms with Crippen LogP contribution in [0.3, 0.4) is 0 Å². The van der Waals surface area contributed by atoms with Crippen molar-refractivity contribution < 1.29 is 0 Å². The maximum Gasteiger partial charge on any atom is 0.0546 e. The second-order valence-electron chi connectivity index (χ2n) is 7.23. The van der Waals surface area contributed by atoms with Crippen molar-refractivity contribution >= 4 is 0 Å². The first-order valence-electron chi connectivity index (χ1n) is 10.7. The fourth-order valence-electron chi connectivity index (χ4n) is 3.11. The molecule has 0 rings (SSSR count). The standard InChI is InChI=1S/C20H46N4/c21-17-13-9-5-3-1-2-4-6-11-15-19-24-20(23)16-12-8-7-10-14-18-22/h20,24H,1-19,21-23H2. The first-order chi connectivity index (χ1) is 11.8. The number of hydrogen-bond donors (Lipinski definition) is 4. The van der Waals surface area contributed by atoms with Gasteiger partial charge >= 0.3 is 0 Å². The SMILES string of the molecule is NCCCCCCCCCCCCNC(N)CCCCCCCN. The smallest absolute Gasteiger partial charge is 0.0546 e. The van der Waals surface area contributed by atoms with Gasteiger partial charge < -0.3 is 22.5 Å². The summed E-state index contributed by atoms with van der Waals surface area (Å²) in [6, 6.07) is 0. The van der Waals surface area contributed by atoms with E-state index in [4.69, 9.17) is 17.2 Å². The summed E-state index contributed by atoms with van der Waals surface area (Å²) in [5, 5.41) is 3.46. The molecule has 0 heterocycles. The van der Waals surface area contributed by atoms with E-state index in [0.29, 0.717) is 0 Å². The molecule has 0 bridgehead atoms. The highest BCUT2D eigenvalue weighted by Crippen LogP contribution is 2.10. The molecule has 1 unspecified atom stereocenters. The van der Waals surface area contributed by atoms with E-state index in [1.165, 1.54) is 96.3 Å². The highest BCUT2D eigenvalue weighted by atomic mass is 15.0. The molecule has 0 amide bonds. The summed E-state index contributed by atoms with van der Waals surface area (Å²) in [5.74, 6) is 0. The highest BCUT2D eigenvalue weighted by molar-refractivity contribution is 4.60. The van der Waals surface area contributed by atoms with E-state index in [-0.39, 0.29) is 6.17 Å². The van der Waals surface area contributed by atoms with Crippen LogP contribution in [0.25, 0.3) is 0 Å². The lowest BCUT2D eigenvalue weighted by Gasteiger charge is -2.13. The lowest BCUT2D eigenvalue weighted by atomic mass is 10.1. The fraction of sp³-hybridized carbons (Fsp3) is 1.00. The maximum absolute atomic E-state index is 6.11. The summed E-state index contributed by atoms with van der Waals surface area (Å²) in [4.78, 5) is 0. The van der Waals surface area contributed by atoms with Crippen LogP contribution < -0.4 is 22.5 Å². The van der Waals surface area contributed by atoms with Gasteiger partial charge in [-0.1, -0.05) is 77.0 Å².